The highest BCUT2D eigenvalue weighted by molar-refractivity contribution is 5.99. The number of hydrogen-bond acceptors (Lipinski definition) is 4. The van der Waals surface area contributed by atoms with Gasteiger partial charge in [-0.25, -0.2) is 0 Å². The number of likely N-dealkylation sites (tertiary alicyclic amines) is 1. The van der Waals surface area contributed by atoms with Crippen LogP contribution in [0, 0.1) is 5.92 Å². The molecule has 2 aliphatic rings. The molecule has 2 N–H and O–H groups in total. The number of benzene rings is 1. The van der Waals surface area contributed by atoms with Crippen LogP contribution in [0.2, 0.25) is 0 Å². The summed E-state index contributed by atoms with van der Waals surface area (Å²) in [6.07, 6.45) is 1.68. The number of carbonyl (C=O) groups is 2. The molecule has 3 rings (SSSR count). The molecule has 0 saturated carbocycles. The van der Waals surface area contributed by atoms with Gasteiger partial charge in [0, 0.05) is 31.9 Å². The molecule has 0 spiro atoms. The summed E-state index contributed by atoms with van der Waals surface area (Å²) in [7, 11) is 0. The van der Waals surface area contributed by atoms with Crippen molar-refractivity contribution in [3.63, 3.8) is 0 Å². The SMILES string of the molecule is Cl.Nc1ccccc1C(=O)N1CCCC(C(=O)N2CCOCC2)C1. The highest BCUT2D eigenvalue weighted by Crippen LogP contribution is 2.22. The quantitative estimate of drug-likeness (QED) is 0.815. The first-order valence-corrected chi connectivity index (χ1v) is 8.17. The van der Waals surface area contributed by atoms with Gasteiger partial charge >= 0.3 is 0 Å². The van der Waals surface area contributed by atoms with E-state index in [9.17, 15) is 9.59 Å². The molecule has 6 nitrogen and oxygen atoms in total. The van der Waals surface area contributed by atoms with E-state index in [-0.39, 0.29) is 30.1 Å². The van der Waals surface area contributed by atoms with Gasteiger partial charge in [-0.05, 0) is 25.0 Å². The number of anilines is 1. The van der Waals surface area contributed by atoms with Crippen molar-refractivity contribution in [2.75, 3.05) is 45.1 Å². The van der Waals surface area contributed by atoms with E-state index in [2.05, 4.69) is 0 Å². The van der Waals surface area contributed by atoms with Crippen LogP contribution in [-0.4, -0.2) is 61.0 Å². The van der Waals surface area contributed by atoms with Crippen LogP contribution in [0.25, 0.3) is 0 Å². The van der Waals surface area contributed by atoms with E-state index in [1.165, 1.54) is 0 Å². The Kier molecular flexibility index (Phi) is 6.45. The van der Waals surface area contributed by atoms with E-state index in [0.29, 0.717) is 50.6 Å². The number of carbonyl (C=O) groups excluding carboxylic acids is 2. The molecular weight excluding hydrogens is 330 g/mol. The van der Waals surface area contributed by atoms with E-state index in [1.807, 2.05) is 17.0 Å². The third-order valence-electron chi connectivity index (χ3n) is 4.57. The Bertz CT molecular complexity index is 590. The Morgan fingerprint density at radius 1 is 1.08 bits per heavy atom. The van der Waals surface area contributed by atoms with Crippen molar-refractivity contribution in [2.24, 2.45) is 5.92 Å². The zero-order valence-corrected chi connectivity index (χ0v) is 14.5. The summed E-state index contributed by atoms with van der Waals surface area (Å²) in [5.41, 5.74) is 6.91. The van der Waals surface area contributed by atoms with Gasteiger partial charge in [-0.2, -0.15) is 0 Å². The van der Waals surface area contributed by atoms with Crippen molar-refractivity contribution in [1.82, 2.24) is 9.80 Å². The van der Waals surface area contributed by atoms with Crippen LogP contribution < -0.4 is 5.73 Å². The van der Waals surface area contributed by atoms with Gasteiger partial charge in [0.15, 0.2) is 0 Å². The second kappa shape index (κ2) is 8.35. The third kappa shape index (κ3) is 3.99. The molecule has 1 atom stereocenters. The van der Waals surface area contributed by atoms with Gasteiger partial charge in [0.25, 0.3) is 5.91 Å². The largest absolute Gasteiger partial charge is 0.398 e. The lowest BCUT2D eigenvalue weighted by Gasteiger charge is -2.36. The molecule has 0 bridgehead atoms. The molecule has 0 aliphatic carbocycles. The zero-order valence-electron chi connectivity index (χ0n) is 13.6. The Morgan fingerprint density at radius 3 is 2.50 bits per heavy atom. The Hall–Kier alpha value is -1.79. The molecule has 2 amide bonds. The van der Waals surface area contributed by atoms with Crippen molar-refractivity contribution in [2.45, 2.75) is 12.8 Å². The van der Waals surface area contributed by atoms with Crippen molar-refractivity contribution < 1.29 is 14.3 Å². The minimum atomic E-state index is -0.115. The predicted octanol–water partition coefficient (Wildman–Crippen LogP) is 1.40. The molecule has 2 saturated heterocycles. The minimum absolute atomic E-state index is 0. The number of morpholine rings is 1. The number of ether oxygens (including phenoxy) is 1. The van der Waals surface area contributed by atoms with Gasteiger partial charge in [-0.3, -0.25) is 9.59 Å². The number of nitrogens with zero attached hydrogens (tertiary/aromatic N) is 2. The first-order chi connectivity index (χ1) is 11.2. The fraction of sp³-hybridized carbons (Fsp3) is 0.529. The first kappa shape index (κ1) is 18.5. The first-order valence-electron chi connectivity index (χ1n) is 8.17. The van der Waals surface area contributed by atoms with E-state index in [1.54, 1.807) is 17.0 Å². The minimum Gasteiger partial charge on any atom is -0.398 e. The van der Waals surface area contributed by atoms with Crippen LogP contribution in [0.4, 0.5) is 5.69 Å². The van der Waals surface area contributed by atoms with Crippen LogP contribution in [0.5, 0.6) is 0 Å². The molecule has 0 aromatic heterocycles. The normalized spacial score (nSPS) is 21.1. The van der Waals surface area contributed by atoms with Crippen molar-refractivity contribution in [3.8, 4) is 0 Å². The lowest BCUT2D eigenvalue weighted by Crippen LogP contribution is -2.49. The number of nitrogens with two attached hydrogens (primary N) is 1. The molecule has 132 valence electrons. The standard InChI is InChI=1S/C17H23N3O3.ClH/c18-15-6-2-1-5-14(15)17(22)20-7-3-4-13(12-20)16(21)19-8-10-23-11-9-19;/h1-2,5-6,13H,3-4,7-12,18H2;1H. The summed E-state index contributed by atoms with van der Waals surface area (Å²) in [5, 5.41) is 0. The number of hydrogen-bond donors (Lipinski definition) is 1. The Balaban J connectivity index is 0.00000208. The predicted molar refractivity (Wildman–Crippen MR) is 94.1 cm³/mol. The highest BCUT2D eigenvalue weighted by atomic mass is 35.5. The molecular formula is C17H24ClN3O3. The van der Waals surface area contributed by atoms with Gasteiger partial charge in [-0.1, -0.05) is 12.1 Å². The highest BCUT2D eigenvalue weighted by Gasteiger charge is 2.32. The summed E-state index contributed by atoms with van der Waals surface area (Å²) in [4.78, 5) is 28.9. The molecule has 7 heteroatoms. The molecule has 1 aromatic carbocycles. The van der Waals surface area contributed by atoms with Crippen LogP contribution in [-0.2, 0) is 9.53 Å². The number of piperidine rings is 1. The Morgan fingerprint density at radius 2 is 1.79 bits per heavy atom. The molecule has 2 aliphatic heterocycles. The van der Waals surface area contributed by atoms with Gasteiger partial charge in [0.2, 0.25) is 5.91 Å². The number of halogens is 1. The molecule has 24 heavy (non-hydrogen) atoms. The summed E-state index contributed by atoms with van der Waals surface area (Å²) < 4.78 is 5.30. The Labute approximate surface area is 148 Å². The summed E-state index contributed by atoms with van der Waals surface area (Å²) in [6, 6.07) is 7.09. The van der Waals surface area contributed by atoms with Gasteiger partial charge in [-0.15, -0.1) is 12.4 Å². The molecule has 2 heterocycles. The van der Waals surface area contributed by atoms with E-state index in [4.69, 9.17) is 10.5 Å². The number of amides is 2. The second-order valence-corrected chi connectivity index (χ2v) is 6.12. The molecule has 1 aromatic rings. The fourth-order valence-corrected chi connectivity index (χ4v) is 3.27. The maximum absolute atomic E-state index is 12.7. The van der Waals surface area contributed by atoms with Gasteiger partial charge in [0.05, 0.1) is 24.7 Å². The average molecular weight is 354 g/mol. The molecule has 0 radical (unpaired) electrons. The zero-order chi connectivity index (χ0) is 16.2. The summed E-state index contributed by atoms with van der Waals surface area (Å²) >= 11 is 0. The second-order valence-electron chi connectivity index (χ2n) is 6.12. The number of nitrogen functional groups attached to an aromatic ring is 1. The van der Waals surface area contributed by atoms with E-state index in [0.717, 1.165) is 12.8 Å². The smallest absolute Gasteiger partial charge is 0.255 e. The maximum atomic E-state index is 12.7. The van der Waals surface area contributed by atoms with E-state index >= 15 is 0 Å². The monoisotopic (exact) mass is 353 g/mol. The van der Waals surface area contributed by atoms with Crippen LogP contribution in [0.3, 0.4) is 0 Å². The fourth-order valence-electron chi connectivity index (χ4n) is 3.27. The number of para-hydroxylation sites is 1. The maximum Gasteiger partial charge on any atom is 0.255 e. The lowest BCUT2D eigenvalue weighted by molar-refractivity contribution is -0.141. The topological polar surface area (TPSA) is 75.9 Å². The van der Waals surface area contributed by atoms with E-state index < -0.39 is 0 Å². The number of rotatable bonds is 2. The van der Waals surface area contributed by atoms with Crippen LogP contribution >= 0.6 is 12.4 Å². The van der Waals surface area contributed by atoms with Gasteiger partial charge in [0.1, 0.15) is 0 Å². The third-order valence-corrected chi connectivity index (χ3v) is 4.57. The summed E-state index contributed by atoms with van der Waals surface area (Å²) in [6.45, 7) is 3.65. The molecule has 1 unspecified atom stereocenters. The lowest BCUT2D eigenvalue weighted by atomic mass is 9.95. The van der Waals surface area contributed by atoms with Crippen LogP contribution in [0.1, 0.15) is 23.2 Å². The summed E-state index contributed by atoms with van der Waals surface area (Å²) in [5.74, 6) is -0.0508. The van der Waals surface area contributed by atoms with Crippen molar-refractivity contribution in [3.05, 3.63) is 29.8 Å². The van der Waals surface area contributed by atoms with Gasteiger partial charge < -0.3 is 20.3 Å². The average Bonchev–Trinajstić information content (AvgIpc) is 2.62. The van der Waals surface area contributed by atoms with Crippen molar-refractivity contribution in [1.29, 1.82) is 0 Å². The van der Waals surface area contributed by atoms with Crippen LogP contribution in [0.15, 0.2) is 24.3 Å². The van der Waals surface area contributed by atoms with Crippen molar-refractivity contribution >= 4 is 29.9 Å². The molecule has 2 fully saturated rings.